The number of hydrogen-bond acceptors (Lipinski definition) is 5. The highest BCUT2D eigenvalue weighted by Gasteiger charge is 2.25. The zero-order chi connectivity index (χ0) is 19.7. The van der Waals surface area contributed by atoms with Crippen molar-refractivity contribution in [3.63, 3.8) is 0 Å². The van der Waals surface area contributed by atoms with Gasteiger partial charge in [-0.25, -0.2) is 4.98 Å². The second kappa shape index (κ2) is 7.73. The number of aromatic nitrogens is 2. The second-order valence-electron chi connectivity index (χ2n) is 7.09. The summed E-state index contributed by atoms with van der Waals surface area (Å²) in [4.78, 5) is 33.9. The molecular weight excluding hydrogens is 374 g/mol. The Bertz CT molecular complexity index is 989. The molecule has 0 unspecified atom stereocenters. The molecule has 3 aromatic rings. The predicted molar refractivity (Wildman–Crippen MR) is 110 cm³/mol. The van der Waals surface area contributed by atoms with Gasteiger partial charge in [0.05, 0.1) is 10.2 Å². The van der Waals surface area contributed by atoms with E-state index in [1.165, 1.54) is 11.3 Å². The molecule has 0 bridgehead atoms. The van der Waals surface area contributed by atoms with Crippen molar-refractivity contribution in [2.24, 2.45) is 0 Å². The molecule has 1 aliphatic rings. The molecule has 0 aliphatic carbocycles. The molecule has 1 N–H and O–H groups in total. The van der Waals surface area contributed by atoms with Crippen molar-refractivity contribution in [2.45, 2.75) is 13.0 Å². The summed E-state index contributed by atoms with van der Waals surface area (Å²) in [5.74, 6) is -0.275. The van der Waals surface area contributed by atoms with Gasteiger partial charge >= 0.3 is 0 Å². The van der Waals surface area contributed by atoms with E-state index in [9.17, 15) is 9.59 Å². The van der Waals surface area contributed by atoms with E-state index >= 15 is 0 Å². The van der Waals surface area contributed by atoms with Crippen LogP contribution in [0.3, 0.4) is 0 Å². The lowest BCUT2D eigenvalue weighted by Crippen LogP contribution is -2.53. The number of piperazine rings is 1. The van der Waals surface area contributed by atoms with Crippen molar-refractivity contribution >= 4 is 33.4 Å². The SMILES string of the molecule is C[C@@H](NC(=O)c1ccc2nc(-n3cccc3)sc2c1)C(=O)N1CCN(C)CC1. The van der Waals surface area contributed by atoms with Crippen LogP contribution in [0.2, 0.25) is 0 Å². The third kappa shape index (κ3) is 3.79. The Morgan fingerprint density at radius 3 is 2.57 bits per heavy atom. The Balaban J connectivity index is 1.45. The van der Waals surface area contributed by atoms with Gasteiger partial charge in [0.15, 0.2) is 5.13 Å². The summed E-state index contributed by atoms with van der Waals surface area (Å²) in [5.41, 5.74) is 1.39. The summed E-state index contributed by atoms with van der Waals surface area (Å²) in [7, 11) is 2.05. The molecule has 1 aromatic carbocycles. The summed E-state index contributed by atoms with van der Waals surface area (Å²) in [6, 6.07) is 8.78. The summed E-state index contributed by atoms with van der Waals surface area (Å²) in [6.45, 7) is 4.86. The normalized spacial score (nSPS) is 16.3. The average Bonchev–Trinajstić information content (AvgIpc) is 3.36. The number of benzene rings is 1. The zero-order valence-corrected chi connectivity index (χ0v) is 16.8. The molecule has 146 valence electrons. The Kier molecular flexibility index (Phi) is 5.15. The largest absolute Gasteiger partial charge is 0.341 e. The lowest BCUT2D eigenvalue weighted by molar-refractivity contribution is -0.134. The molecule has 28 heavy (non-hydrogen) atoms. The third-order valence-corrected chi connectivity index (χ3v) is 6.03. The lowest BCUT2D eigenvalue weighted by atomic mass is 10.1. The van der Waals surface area contributed by atoms with Gasteiger partial charge in [0.1, 0.15) is 6.04 Å². The first-order valence-electron chi connectivity index (χ1n) is 9.33. The van der Waals surface area contributed by atoms with E-state index in [0.717, 1.165) is 28.4 Å². The van der Waals surface area contributed by atoms with Crippen molar-refractivity contribution in [1.82, 2.24) is 24.7 Å². The molecule has 2 aromatic heterocycles. The minimum Gasteiger partial charge on any atom is -0.341 e. The molecule has 0 radical (unpaired) electrons. The fourth-order valence-corrected chi connectivity index (χ4v) is 4.24. The summed E-state index contributed by atoms with van der Waals surface area (Å²) in [5, 5.41) is 3.70. The number of carbonyl (C=O) groups is 2. The zero-order valence-electron chi connectivity index (χ0n) is 16.0. The van der Waals surface area contributed by atoms with E-state index in [2.05, 4.69) is 15.2 Å². The fraction of sp³-hybridized carbons (Fsp3) is 0.350. The number of rotatable bonds is 4. The van der Waals surface area contributed by atoms with E-state index < -0.39 is 6.04 Å². The molecule has 2 amide bonds. The summed E-state index contributed by atoms with van der Waals surface area (Å²) < 4.78 is 2.88. The minimum absolute atomic E-state index is 0.0322. The number of fused-ring (bicyclic) bond motifs is 1. The first-order chi connectivity index (χ1) is 13.5. The van der Waals surface area contributed by atoms with Crippen LogP contribution in [0.25, 0.3) is 15.3 Å². The van der Waals surface area contributed by atoms with E-state index in [-0.39, 0.29) is 11.8 Å². The molecule has 1 aliphatic heterocycles. The van der Waals surface area contributed by atoms with Gasteiger partial charge in [-0.3, -0.25) is 9.59 Å². The van der Waals surface area contributed by atoms with Gasteiger partial charge < -0.3 is 19.7 Å². The quantitative estimate of drug-likeness (QED) is 0.731. The van der Waals surface area contributed by atoms with Crippen LogP contribution in [0.15, 0.2) is 42.7 Å². The molecule has 0 spiro atoms. The summed E-state index contributed by atoms with van der Waals surface area (Å²) in [6.07, 6.45) is 3.88. The number of likely N-dealkylation sites (N-methyl/N-ethyl adjacent to an activating group) is 1. The number of hydrogen-bond donors (Lipinski definition) is 1. The van der Waals surface area contributed by atoms with Crippen molar-refractivity contribution < 1.29 is 9.59 Å². The topological polar surface area (TPSA) is 70.5 Å². The van der Waals surface area contributed by atoms with Crippen molar-refractivity contribution in [2.75, 3.05) is 33.2 Å². The van der Waals surface area contributed by atoms with Crippen molar-refractivity contribution in [3.05, 3.63) is 48.3 Å². The predicted octanol–water partition coefficient (Wildman–Crippen LogP) is 1.98. The van der Waals surface area contributed by atoms with Crippen LogP contribution in [0, 0.1) is 0 Å². The standard InChI is InChI=1S/C20H23N5O2S/c1-14(19(27)24-11-9-23(2)10-12-24)21-18(26)15-5-6-16-17(13-15)28-20(22-16)25-7-3-4-8-25/h3-8,13-14H,9-12H2,1-2H3,(H,21,26)/t14-/m1/s1. The van der Waals surface area contributed by atoms with Crippen LogP contribution in [-0.4, -0.2) is 70.4 Å². The van der Waals surface area contributed by atoms with Gasteiger partial charge in [0.25, 0.3) is 5.91 Å². The summed E-state index contributed by atoms with van der Waals surface area (Å²) >= 11 is 1.53. The molecule has 1 saturated heterocycles. The van der Waals surface area contributed by atoms with Crippen molar-refractivity contribution in [1.29, 1.82) is 0 Å². The highest BCUT2D eigenvalue weighted by atomic mass is 32.1. The molecule has 1 atom stereocenters. The molecule has 0 saturated carbocycles. The van der Waals surface area contributed by atoms with Gasteiger partial charge in [-0.1, -0.05) is 11.3 Å². The highest BCUT2D eigenvalue weighted by Crippen LogP contribution is 2.26. The van der Waals surface area contributed by atoms with Gasteiger partial charge in [0, 0.05) is 44.1 Å². The van der Waals surface area contributed by atoms with Crippen molar-refractivity contribution in [3.8, 4) is 5.13 Å². The molecular formula is C20H23N5O2S. The number of thiazole rings is 1. The molecule has 8 heteroatoms. The smallest absolute Gasteiger partial charge is 0.251 e. The maximum atomic E-state index is 12.7. The molecule has 4 rings (SSSR count). The van der Waals surface area contributed by atoms with Gasteiger partial charge in [-0.05, 0) is 44.3 Å². The molecule has 7 nitrogen and oxygen atoms in total. The first-order valence-corrected chi connectivity index (χ1v) is 10.1. The van der Waals surface area contributed by atoms with Crippen LogP contribution in [0.5, 0.6) is 0 Å². The first kappa shape index (κ1) is 18.6. The third-order valence-electron chi connectivity index (χ3n) is 5.00. The number of nitrogens with zero attached hydrogens (tertiary/aromatic N) is 4. The van der Waals surface area contributed by atoms with Gasteiger partial charge in [0.2, 0.25) is 5.91 Å². The average molecular weight is 398 g/mol. The van der Waals surface area contributed by atoms with Crippen LogP contribution in [-0.2, 0) is 4.79 Å². The maximum Gasteiger partial charge on any atom is 0.251 e. The Morgan fingerprint density at radius 2 is 1.86 bits per heavy atom. The Labute approximate surface area is 167 Å². The Hall–Kier alpha value is -2.71. The van der Waals surface area contributed by atoms with E-state index in [0.29, 0.717) is 18.7 Å². The van der Waals surface area contributed by atoms with Crippen LogP contribution < -0.4 is 5.32 Å². The van der Waals surface area contributed by atoms with Crippen LogP contribution in [0.1, 0.15) is 17.3 Å². The van der Waals surface area contributed by atoms with Gasteiger partial charge in [-0.15, -0.1) is 0 Å². The maximum absolute atomic E-state index is 12.7. The van der Waals surface area contributed by atoms with E-state index in [1.807, 2.05) is 53.2 Å². The van der Waals surface area contributed by atoms with E-state index in [1.54, 1.807) is 13.0 Å². The highest BCUT2D eigenvalue weighted by molar-refractivity contribution is 7.20. The Morgan fingerprint density at radius 1 is 1.14 bits per heavy atom. The van der Waals surface area contributed by atoms with E-state index in [4.69, 9.17) is 0 Å². The fourth-order valence-electron chi connectivity index (χ4n) is 3.27. The van der Waals surface area contributed by atoms with Gasteiger partial charge in [-0.2, -0.15) is 0 Å². The number of nitrogens with one attached hydrogen (secondary N) is 1. The number of carbonyl (C=O) groups excluding carboxylic acids is 2. The lowest BCUT2D eigenvalue weighted by Gasteiger charge is -2.34. The molecule has 3 heterocycles. The monoisotopic (exact) mass is 397 g/mol. The number of amides is 2. The van der Waals surface area contributed by atoms with Crippen LogP contribution >= 0.6 is 11.3 Å². The molecule has 1 fully saturated rings. The van der Waals surface area contributed by atoms with Crippen LogP contribution in [0.4, 0.5) is 0 Å². The second-order valence-corrected chi connectivity index (χ2v) is 8.10. The minimum atomic E-state index is -0.552.